The first-order valence-corrected chi connectivity index (χ1v) is 7.35. The SMILES string of the molecule is CCC(C)(C)C(F)(F)C(C)(CC)Oc1c(F)c(F)c(F)c(F)c1F. The van der Waals surface area contributed by atoms with Crippen LogP contribution in [0.25, 0.3) is 0 Å². The molecular formula is C16H19F7O. The van der Waals surface area contributed by atoms with Gasteiger partial charge in [0.15, 0.2) is 11.4 Å². The Morgan fingerprint density at radius 1 is 0.708 bits per heavy atom. The van der Waals surface area contributed by atoms with Gasteiger partial charge < -0.3 is 4.74 Å². The van der Waals surface area contributed by atoms with E-state index in [1.807, 2.05) is 0 Å². The zero-order valence-electron chi connectivity index (χ0n) is 14.0. The van der Waals surface area contributed by atoms with E-state index in [0.717, 1.165) is 6.92 Å². The Morgan fingerprint density at radius 2 is 1.08 bits per heavy atom. The molecule has 1 atom stereocenters. The number of hydrogen-bond donors (Lipinski definition) is 0. The van der Waals surface area contributed by atoms with Gasteiger partial charge in [-0.2, -0.15) is 8.78 Å². The Balaban J connectivity index is 3.52. The standard InChI is InChI=1S/C16H19F7O/c1-6-14(3,4)16(22,23)15(5,7-2)24-13-11(20)9(18)8(17)10(19)12(13)21/h6-7H2,1-5H3. The zero-order valence-corrected chi connectivity index (χ0v) is 14.0. The number of rotatable bonds is 6. The quantitative estimate of drug-likeness (QED) is 0.343. The normalized spacial score (nSPS) is 15.3. The summed E-state index contributed by atoms with van der Waals surface area (Å²) in [7, 11) is 0. The maximum atomic E-state index is 14.8. The van der Waals surface area contributed by atoms with Crippen molar-refractivity contribution >= 4 is 0 Å². The van der Waals surface area contributed by atoms with Crippen LogP contribution in [0.1, 0.15) is 47.5 Å². The summed E-state index contributed by atoms with van der Waals surface area (Å²) in [6.07, 6.45) is -0.432. The van der Waals surface area contributed by atoms with Crippen molar-refractivity contribution in [2.24, 2.45) is 5.41 Å². The Kier molecular flexibility index (Phi) is 5.52. The highest BCUT2D eigenvalue weighted by Gasteiger charge is 2.60. The van der Waals surface area contributed by atoms with Gasteiger partial charge in [-0.25, -0.2) is 22.0 Å². The predicted molar refractivity (Wildman–Crippen MR) is 74.6 cm³/mol. The molecule has 0 bridgehead atoms. The molecule has 0 heterocycles. The van der Waals surface area contributed by atoms with Crippen molar-refractivity contribution in [2.45, 2.75) is 59.0 Å². The van der Waals surface area contributed by atoms with E-state index in [4.69, 9.17) is 4.74 Å². The molecule has 0 amide bonds. The van der Waals surface area contributed by atoms with Crippen LogP contribution in [0.15, 0.2) is 0 Å². The fourth-order valence-electron chi connectivity index (χ4n) is 2.20. The van der Waals surface area contributed by atoms with Crippen LogP contribution >= 0.6 is 0 Å². The van der Waals surface area contributed by atoms with Crippen LogP contribution in [-0.2, 0) is 0 Å². The third-order valence-corrected chi connectivity index (χ3v) is 4.57. The maximum Gasteiger partial charge on any atom is 0.291 e. The molecule has 0 radical (unpaired) electrons. The maximum absolute atomic E-state index is 14.8. The van der Waals surface area contributed by atoms with Crippen molar-refractivity contribution in [3.8, 4) is 5.75 Å². The molecule has 1 aromatic carbocycles. The van der Waals surface area contributed by atoms with Gasteiger partial charge >= 0.3 is 0 Å². The summed E-state index contributed by atoms with van der Waals surface area (Å²) < 4.78 is 101. The van der Waals surface area contributed by atoms with Gasteiger partial charge in [0.25, 0.3) is 5.92 Å². The Labute approximate surface area is 135 Å². The average Bonchev–Trinajstić information content (AvgIpc) is 2.54. The van der Waals surface area contributed by atoms with Crippen molar-refractivity contribution in [2.75, 3.05) is 0 Å². The first-order valence-electron chi connectivity index (χ1n) is 7.35. The number of halogens is 7. The van der Waals surface area contributed by atoms with E-state index in [-0.39, 0.29) is 6.42 Å². The minimum atomic E-state index is -3.62. The summed E-state index contributed by atoms with van der Waals surface area (Å²) in [6.45, 7) is 6.09. The van der Waals surface area contributed by atoms with Crippen LogP contribution in [-0.4, -0.2) is 11.5 Å². The van der Waals surface area contributed by atoms with Crippen LogP contribution in [0, 0.1) is 34.5 Å². The fourth-order valence-corrected chi connectivity index (χ4v) is 2.20. The molecule has 0 saturated heterocycles. The first kappa shape index (κ1) is 20.6. The average molecular weight is 360 g/mol. The molecule has 1 rings (SSSR count). The zero-order chi connectivity index (χ0) is 19.1. The third kappa shape index (κ3) is 2.95. The lowest BCUT2D eigenvalue weighted by Crippen LogP contribution is -2.57. The molecular weight excluding hydrogens is 341 g/mol. The van der Waals surface area contributed by atoms with Crippen LogP contribution in [0.5, 0.6) is 5.75 Å². The smallest absolute Gasteiger partial charge is 0.291 e. The van der Waals surface area contributed by atoms with E-state index in [0.29, 0.717) is 0 Å². The van der Waals surface area contributed by atoms with Gasteiger partial charge in [0, 0.05) is 5.41 Å². The monoisotopic (exact) mass is 360 g/mol. The highest BCUT2D eigenvalue weighted by atomic mass is 19.3. The van der Waals surface area contributed by atoms with Crippen molar-refractivity contribution in [1.82, 2.24) is 0 Å². The second-order valence-electron chi connectivity index (χ2n) is 6.40. The van der Waals surface area contributed by atoms with Crippen molar-refractivity contribution in [1.29, 1.82) is 0 Å². The van der Waals surface area contributed by atoms with E-state index in [1.165, 1.54) is 27.7 Å². The van der Waals surface area contributed by atoms with Crippen LogP contribution in [0.2, 0.25) is 0 Å². The molecule has 1 aromatic rings. The minimum Gasteiger partial charge on any atom is -0.475 e. The molecule has 24 heavy (non-hydrogen) atoms. The second kappa shape index (κ2) is 6.44. The van der Waals surface area contributed by atoms with Gasteiger partial charge in [-0.15, -0.1) is 0 Å². The van der Waals surface area contributed by atoms with E-state index in [1.54, 1.807) is 0 Å². The first-order chi connectivity index (χ1) is 10.8. The number of alkyl halides is 2. The summed E-state index contributed by atoms with van der Waals surface area (Å²) in [5.74, 6) is -16.8. The van der Waals surface area contributed by atoms with E-state index < -0.39 is 58.2 Å². The Morgan fingerprint density at radius 3 is 1.42 bits per heavy atom. The number of hydrogen-bond acceptors (Lipinski definition) is 1. The fraction of sp³-hybridized carbons (Fsp3) is 0.625. The van der Waals surface area contributed by atoms with Gasteiger partial charge in [0.05, 0.1) is 0 Å². The lowest BCUT2D eigenvalue weighted by atomic mass is 9.73. The van der Waals surface area contributed by atoms with Gasteiger partial charge in [0.2, 0.25) is 29.1 Å². The van der Waals surface area contributed by atoms with E-state index in [9.17, 15) is 30.7 Å². The van der Waals surface area contributed by atoms with Crippen LogP contribution in [0.4, 0.5) is 30.7 Å². The molecule has 0 spiro atoms. The molecule has 0 aromatic heterocycles. The lowest BCUT2D eigenvalue weighted by Gasteiger charge is -2.45. The van der Waals surface area contributed by atoms with Crippen molar-refractivity contribution in [3.05, 3.63) is 29.1 Å². The topological polar surface area (TPSA) is 9.23 Å². The molecule has 1 nitrogen and oxygen atoms in total. The van der Waals surface area contributed by atoms with Crippen LogP contribution in [0.3, 0.4) is 0 Å². The molecule has 8 heteroatoms. The van der Waals surface area contributed by atoms with Gasteiger partial charge in [-0.3, -0.25) is 0 Å². The van der Waals surface area contributed by atoms with E-state index >= 15 is 0 Å². The summed E-state index contributed by atoms with van der Waals surface area (Å²) in [5.41, 5.74) is -4.12. The molecule has 0 aliphatic carbocycles. The van der Waals surface area contributed by atoms with Crippen molar-refractivity contribution < 1.29 is 35.5 Å². The Bertz CT molecular complexity index is 598. The van der Waals surface area contributed by atoms with E-state index in [2.05, 4.69) is 0 Å². The predicted octanol–water partition coefficient (Wildman–Crippen LogP) is 6.00. The number of ether oxygens (including phenoxy) is 1. The lowest BCUT2D eigenvalue weighted by molar-refractivity contribution is -0.222. The molecule has 138 valence electrons. The minimum absolute atomic E-state index is 0.00391. The van der Waals surface area contributed by atoms with Gasteiger partial charge in [-0.05, 0) is 19.8 Å². The van der Waals surface area contributed by atoms with Crippen molar-refractivity contribution in [3.63, 3.8) is 0 Å². The Hall–Kier alpha value is -1.47. The van der Waals surface area contributed by atoms with Gasteiger partial charge in [0.1, 0.15) is 0 Å². The van der Waals surface area contributed by atoms with Gasteiger partial charge in [-0.1, -0.05) is 27.7 Å². The summed E-state index contributed by atoms with van der Waals surface area (Å²) in [6, 6.07) is 0. The molecule has 0 aliphatic heterocycles. The molecule has 0 saturated carbocycles. The van der Waals surface area contributed by atoms with Crippen LogP contribution < -0.4 is 4.74 Å². The third-order valence-electron chi connectivity index (χ3n) is 4.57. The highest BCUT2D eigenvalue weighted by molar-refractivity contribution is 5.31. The second-order valence-corrected chi connectivity index (χ2v) is 6.40. The molecule has 1 unspecified atom stereocenters. The largest absolute Gasteiger partial charge is 0.475 e. The molecule has 0 aliphatic rings. The number of benzene rings is 1. The molecule has 0 fully saturated rings. The molecule has 0 N–H and O–H groups in total. The highest BCUT2D eigenvalue weighted by Crippen LogP contribution is 2.50. The summed E-state index contributed by atoms with van der Waals surface area (Å²) in [4.78, 5) is 0. The summed E-state index contributed by atoms with van der Waals surface area (Å²) in [5, 5.41) is 0. The summed E-state index contributed by atoms with van der Waals surface area (Å²) >= 11 is 0.